The maximum Gasteiger partial charge on any atom is 0.265 e. The van der Waals surface area contributed by atoms with Gasteiger partial charge in [-0.2, -0.15) is 0 Å². The zero-order valence-electron chi connectivity index (χ0n) is 9.96. The first-order valence-corrected chi connectivity index (χ1v) is 5.51. The second-order valence-corrected chi connectivity index (χ2v) is 3.89. The molecule has 18 heavy (non-hydrogen) atoms. The van der Waals surface area contributed by atoms with Crippen LogP contribution >= 0.6 is 0 Å². The molecule has 0 unspecified atom stereocenters. The van der Waals surface area contributed by atoms with E-state index in [4.69, 9.17) is 0 Å². The molecule has 1 N–H and O–H groups in total. The number of carbonyl (C=O) groups is 1. The van der Waals surface area contributed by atoms with Crippen LogP contribution in [0.4, 0.5) is 0 Å². The lowest BCUT2D eigenvalue weighted by Gasteiger charge is -2.05. The lowest BCUT2D eigenvalue weighted by atomic mass is 10.2. The molecule has 5 nitrogen and oxygen atoms in total. The van der Waals surface area contributed by atoms with Crippen LogP contribution in [0, 0.1) is 0 Å². The number of nitrogens with zero attached hydrogens (tertiary/aromatic N) is 2. The third-order valence-electron chi connectivity index (χ3n) is 2.53. The van der Waals surface area contributed by atoms with E-state index in [1.54, 1.807) is 7.05 Å². The van der Waals surface area contributed by atoms with Crippen LogP contribution in [-0.4, -0.2) is 15.5 Å². The Balaban J connectivity index is 2.09. The molecule has 0 fully saturated rings. The average molecular weight is 243 g/mol. The molecule has 92 valence electrons. The minimum absolute atomic E-state index is 0.0518. The molecular formula is C13H13N3O2. The second-order valence-electron chi connectivity index (χ2n) is 3.89. The van der Waals surface area contributed by atoms with E-state index in [-0.39, 0.29) is 11.1 Å². The number of aromatic nitrogens is 2. The maximum absolute atomic E-state index is 11.8. The Morgan fingerprint density at radius 1 is 1.33 bits per heavy atom. The topological polar surface area (TPSA) is 64.0 Å². The summed E-state index contributed by atoms with van der Waals surface area (Å²) < 4.78 is 1.28. The Bertz CT molecular complexity index is 605. The molecule has 1 aromatic carbocycles. The normalized spacial score (nSPS) is 10.1. The quantitative estimate of drug-likeness (QED) is 0.863. The van der Waals surface area contributed by atoms with Gasteiger partial charge in [0.25, 0.3) is 11.5 Å². The highest BCUT2D eigenvalue weighted by Gasteiger charge is 2.10. The number of aryl methyl sites for hydroxylation is 1. The Morgan fingerprint density at radius 3 is 2.78 bits per heavy atom. The zero-order valence-corrected chi connectivity index (χ0v) is 9.96. The van der Waals surface area contributed by atoms with Crippen molar-refractivity contribution >= 4 is 5.91 Å². The predicted molar refractivity (Wildman–Crippen MR) is 67.1 cm³/mol. The van der Waals surface area contributed by atoms with Gasteiger partial charge in [-0.15, -0.1) is 0 Å². The summed E-state index contributed by atoms with van der Waals surface area (Å²) in [7, 11) is 1.56. The van der Waals surface area contributed by atoms with Crippen molar-refractivity contribution in [2.24, 2.45) is 7.05 Å². The molecule has 0 saturated heterocycles. The summed E-state index contributed by atoms with van der Waals surface area (Å²) in [5.41, 5.74) is 0.679. The van der Waals surface area contributed by atoms with Gasteiger partial charge >= 0.3 is 0 Å². The lowest BCUT2D eigenvalue weighted by molar-refractivity contribution is 0.0948. The van der Waals surface area contributed by atoms with E-state index in [2.05, 4.69) is 10.3 Å². The van der Waals surface area contributed by atoms with Crippen molar-refractivity contribution in [3.8, 4) is 0 Å². The second kappa shape index (κ2) is 5.27. The van der Waals surface area contributed by atoms with Crippen molar-refractivity contribution in [2.75, 3.05) is 0 Å². The Labute approximate surface area is 104 Å². The van der Waals surface area contributed by atoms with Crippen LogP contribution in [-0.2, 0) is 13.6 Å². The summed E-state index contributed by atoms with van der Waals surface area (Å²) in [6.07, 6.45) is 2.65. The number of nitrogens with one attached hydrogen (secondary N) is 1. The summed E-state index contributed by atoms with van der Waals surface area (Å²) in [5.74, 6) is -0.410. The Hall–Kier alpha value is -2.43. The first-order chi connectivity index (χ1) is 8.68. The fourth-order valence-corrected chi connectivity index (χ4v) is 1.53. The minimum Gasteiger partial charge on any atom is -0.348 e. The minimum atomic E-state index is -0.410. The van der Waals surface area contributed by atoms with Crippen molar-refractivity contribution in [3.05, 3.63) is 64.3 Å². The summed E-state index contributed by atoms with van der Waals surface area (Å²) in [6.45, 7) is 0.387. The SMILES string of the molecule is Cn1cncc(C(=O)NCc2ccccc2)c1=O. The van der Waals surface area contributed by atoms with Gasteiger partial charge in [0, 0.05) is 19.8 Å². The van der Waals surface area contributed by atoms with Crippen molar-refractivity contribution < 1.29 is 4.79 Å². The summed E-state index contributed by atoms with van der Waals surface area (Å²) in [4.78, 5) is 27.3. The standard InChI is InChI=1S/C13H13N3O2/c1-16-9-14-8-11(13(16)18)12(17)15-7-10-5-3-2-4-6-10/h2-6,8-9H,7H2,1H3,(H,15,17). The molecule has 0 bridgehead atoms. The van der Waals surface area contributed by atoms with Crippen LogP contribution in [0.25, 0.3) is 0 Å². The van der Waals surface area contributed by atoms with Gasteiger partial charge in [-0.25, -0.2) is 4.98 Å². The van der Waals surface area contributed by atoms with E-state index in [9.17, 15) is 9.59 Å². The van der Waals surface area contributed by atoms with Crippen molar-refractivity contribution in [1.82, 2.24) is 14.9 Å². The van der Waals surface area contributed by atoms with Crippen LogP contribution in [0.5, 0.6) is 0 Å². The molecule has 1 amide bonds. The predicted octanol–water partition coefficient (Wildman–Crippen LogP) is 0.710. The molecule has 0 aliphatic carbocycles. The molecule has 0 radical (unpaired) electrons. The van der Waals surface area contributed by atoms with Crippen LogP contribution < -0.4 is 10.9 Å². The number of benzene rings is 1. The Morgan fingerprint density at radius 2 is 2.06 bits per heavy atom. The summed E-state index contributed by atoms with van der Waals surface area (Å²) in [6, 6.07) is 9.50. The summed E-state index contributed by atoms with van der Waals surface area (Å²) in [5, 5.41) is 2.69. The van der Waals surface area contributed by atoms with Gasteiger partial charge in [-0.3, -0.25) is 9.59 Å². The number of carbonyl (C=O) groups excluding carboxylic acids is 1. The monoisotopic (exact) mass is 243 g/mol. The molecule has 0 aliphatic rings. The molecule has 2 rings (SSSR count). The smallest absolute Gasteiger partial charge is 0.265 e. The van der Waals surface area contributed by atoms with E-state index in [0.717, 1.165) is 5.56 Å². The molecule has 1 heterocycles. The first kappa shape index (κ1) is 12.0. The number of hydrogen-bond acceptors (Lipinski definition) is 3. The van der Waals surface area contributed by atoms with Gasteiger partial charge in [-0.1, -0.05) is 30.3 Å². The first-order valence-electron chi connectivity index (χ1n) is 5.51. The zero-order chi connectivity index (χ0) is 13.0. The van der Waals surface area contributed by atoms with Crippen LogP contribution in [0.3, 0.4) is 0 Å². The highest BCUT2D eigenvalue weighted by molar-refractivity contribution is 5.93. The van der Waals surface area contributed by atoms with Gasteiger partial charge in [0.2, 0.25) is 0 Å². The van der Waals surface area contributed by atoms with E-state index in [1.807, 2.05) is 30.3 Å². The molecule has 0 aliphatic heterocycles. The van der Waals surface area contributed by atoms with E-state index in [0.29, 0.717) is 6.54 Å². The largest absolute Gasteiger partial charge is 0.348 e. The fourth-order valence-electron chi connectivity index (χ4n) is 1.53. The maximum atomic E-state index is 11.8. The molecule has 0 atom stereocenters. The molecule has 2 aromatic rings. The molecule has 0 spiro atoms. The number of rotatable bonds is 3. The van der Waals surface area contributed by atoms with Gasteiger partial charge in [0.15, 0.2) is 0 Å². The highest BCUT2D eigenvalue weighted by Crippen LogP contribution is 1.98. The fraction of sp³-hybridized carbons (Fsp3) is 0.154. The third kappa shape index (κ3) is 2.63. The van der Waals surface area contributed by atoms with Gasteiger partial charge in [-0.05, 0) is 5.56 Å². The average Bonchev–Trinajstić information content (AvgIpc) is 2.40. The lowest BCUT2D eigenvalue weighted by Crippen LogP contribution is -2.32. The van der Waals surface area contributed by atoms with E-state index >= 15 is 0 Å². The van der Waals surface area contributed by atoms with Crippen molar-refractivity contribution in [1.29, 1.82) is 0 Å². The van der Waals surface area contributed by atoms with Crippen molar-refractivity contribution in [3.63, 3.8) is 0 Å². The van der Waals surface area contributed by atoms with E-state index < -0.39 is 5.91 Å². The molecule has 5 heteroatoms. The third-order valence-corrected chi connectivity index (χ3v) is 2.53. The highest BCUT2D eigenvalue weighted by atomic mass is 16.2. The van der Waals surface area contributed by atoms with Crippen LogP contribution in [0.1, 0.15) is 15.9 Å². The van der Waals surface area contributed by atoms with Crippen molar-refractivity contribution in [2.45, 2.75) is 6.54 Å². The van der Waals surface area contributed by atoms with Crippen LogP contribution in [0.2, 0.25) is 0 Å². The number of amides is 1. The summed E-state index contributed by atoms with van der Waals surface area (Å²) >= 11 is 0. The van der Waals surface area contributed by atoms with Gasteiger partial charge in [0.1, 0.15) is 5.56 Å². The number of hydrogen-bond donors (Lipinski definition) is 1. The molecule has 1 aromatic heterocycles. The van der Waals surface area contributed by atoms with Gasteiger partial charge in [0.05, 0.1) is 6.33 Å². The Kier molecular flexibility index (Phi) is 3.52. The van der Waals surface area contributed by atoms with Gasteiger partial charge < -0.3 is 9.88 Å². The van der Waals surface area contributed by atoms with Crippen LogP contribution in [0.15, 0.2) is 47.7 Å². The molecule has 0 saturated carbocycles. The molecular weight excluding hydrogens is 230 g/mol. The van der Waals surface area contributed by atoms with E-state index in [1.165, 1.54) is 17.1 Å².